The highest BCUT2D eigenvalue weighted by Crippen LogP contribution is 2.37. The van der Waals surface area contributed by atoms with Crippen LogP contribution < -0.4 is 19.4 Å². The lowest BCUT2D eigenvalue weighted by molar-refractivity contribution is -0.0620. The number of piperidine rings is 1. The van der Waals surface area contributed by atoms with E-state index in [0.717, 1.165) is 0 Å². The first kappa shape index (κ1) is 24.2. The molecular formula is C25H29F4N3O2. The van der Waals surface area contributed by atoms with E-state index in [1.807, 2.05) is 11.8 Å². The Labute approximate surface area is 196 Å². The van der Waals surface area contributed by atoms with Gasteiger partial charge in [-0.1, -0.05) is 19.9 Å². The summed E-state index contributed by atoms with van der Waals surface area (Å²) in [7, 11) is 1.53. The summed E-state index contributed by atoms with van der Waals surface area (Å²) in [5.41, 5.74) is 0.335. The number of nitrogens with zero attached hydrogens (tertiary/aromatic N) is 3. The molecule has 4 rings (SSSR count). The number of ether oxygens (including phenoxy) is 2. The lowest BCUT2D eigenvalue weighted by Crippen LogP contribution is -2.38. The van der Waals surface area contributed by atoms with E-state index < -0.39 is 17.8 Å². The first-order chi connectivity index (χ1) is 16.2. The Kier molecular flexibility index (Phi) is 6.91. The zero-order valence-corrected chi connectivity index (χ0v) is 19.5. The highest BCUT2D eigenvalue weighted by atomic mass is 19.4. The molecule has 34 heavy (non-hydrogen) atoms. The monoisotopic (exact) mass is 479 g/mol. The Morgan fingerprint density at radius 2 is 1.74 bits per heavy atom. The maximum Gasteiger partial charge on any atom is 0.431 e. The summed E-state index contributed by atoms with van der Waals surface area (Å²) in [6.07, 6.45) is -2.51. The summed E-state index contributed by atoms with van der Waals surface area (Å²) in [5.74, 6) is 0.144. The van der Waals surface area contributed by atoms with E-state index in [9.17, 15) is 17.6 Å². The maximum atomic E-state index is 14.4. The third-order valence-corrected chi connectivity index (χ3v) is 6.58. The second-order valence-electron chi connectivity index (χ2n) is 8.68. The molecule has 1 saturated heterocycles. The van der Waals surface area contributed by atoms with Gasteiger partial charge in [-0.15, -0.1) is 0 Å². The molecule has 0 amide bonds. The second-order valence-corrected chi connectivity index (χ2v) is 8.68. The Bertz CT molecular complexity index is 1020. The zero-order chi connectivity index (χ0) is 24.5. The molecule has 0 aromatic heterocycles. The van der Waals surface area contributed by atoms with Gasteiger partial charge in [-0.2, -0.15) is 18.3 Å². The van der Waals surface area contributed by atoms with Gasteiger partial charge in [0.05, 0.1) is 18.8 Å². The minimum atomic E-state index is -4.44. The molecule has 1 fully saturated rings. The third-order valence-electron chi connectivity index (χ3n) is 6.58. The van der Waals surface area contributed by atoms with Gasteiger partial charge in [0.25, 0.3) is 0 Å². The standard InChI is InChI=1S/C25H29F4N3O2/c1-4-21-16(2)24(25(27,28)29)30-32(21)17-8-10-18(11-9-17)34-19-12-14-31(15-13-19)23-20(26)6-5-7-22(23)33-3/h5-11,16,19,21H,4,12-15H2,1-3H3/t16?,21-/m0/s1. The average molecular weight is 480 g/mol. The Hall–Kier alpha value is -2.97. The van der Waals surface area contributed by atoms with Crippen LogP contribution in [0.5, 0.6) is 11.5 Å². The fraction of sp³-hybridized carbons (Fsp3) is 0.480. The molecule has 1 unspecified atom stereocenters. The number of anilines is 2. The number of hydrogen-bond acceptors (Lipinski definition) is 5. The van der Waals surface area contributed by atoms with E-state index in [1.165, 1.54) is 18.2 Å². The van der Waals surface area contributed by atoms with E-state index >= 15 is 0 Å². The Morgan fingerprint density at radius 1 is 1.06 bits per heavy atom. The van der Waals surface area contributed by atoms with Crippen LogP contribution in [0.15, 0.2) is 47.6 Å². The largest absolute Gasteiger partial charge is 0.494 e. The van der Waals surface area contributed by atoms with Crippen LogP contribution in [0.2, 0.25) is 0 Å². The predicted molar refractivity (Wildman–Crippen MR) is 124 cm³/mol. The Balaban J connectivity index is 1.39. The van der Waals surface area contributed by atoms with Crippen molar-refractivity contribution < 1.29 is 27.0 Å². The third kappa shape index (κ3) is 4.79. The topological polar surface area (TPSA) is 37.3 Å². The first-order valence-corrected chi connectivity index (χ1v) is 11.5. The summed E-state index contributed by atoms with van der Waals surface area (Å²) in [6.45, 7) is 4.68. The molecule has 9 heteroatoms. The van der Waals surface area contributed by atoms with Crippen molar-refractivity contribution in [2.24, 2.45) is 11.0 Å². The number of hydrogen-bond donors (Lipinski definition) is 0. The van der Waals surface area contributed by atoms with E-state index in [2.05, 4.69) is 5.10 Å². The smallest absolute Gasteiger partial charge is 0.431 e. The number of hydrazone groups is 1. The highest BCUT2D eigenvalue weighted by Gasteiger charge is 2.47. The number of rotatable bonds is 6. The van der Waals surface area contributed by atoms with Gasteiger partial charge in [0.15, 0.2) is 0 Å². The van der Waals surface area contributed by atoms with Crippen LogP contribution in [0.3, 0.4) is 0 Å². The summed E-state index contributed by atoms with van der Waals surface area (Å²) < 4.78 is 65.8. The van der Waals surface area contributed by atoms with Crippen molar-refractivity contribution in [2.45, 2.75) is 51.4 Å². The van der Waals surface area contributed by atoms with Gasteiger partial charge in [-0.3, -0.25) is 5.01 Å². The van der Waals surface area contributed by atoms with Crippen LogP contribution in [-0.4, -0.2) is 44.2 Å². The van der Waals surface area contributed by atoms with Gasteiger partial charge >= 0.3 is 6.18 Å². The number of halogens is 4. The average Bonchev–Trinajstić information content (AvgIpc) is 3.16. The zero-order valence-electron chi connectivity index (χ0n) is 19.5. The van der Waals surface area contributed by atoms with E-state index in [0.29, 0.717) is 55.2 Å². The molecule has 2 aliphatic rings. The molecule has 0 saturated carbocycles. The van der Waals surface area contributed by atoms with Gasteiger partial charge in [-0.25, -0.2) is 4.39 Å². The fourth-order valence-electron chi connectivity index (χ4n) is 4.80. The lowest BCUT2D eigenvalue weighted by Gasteiger charge is -2.34. The van der Waals surface area contributed by atoms with Crippen molar-refractivity contribution in [1.82, 2.24) is 0 Å². The minimum absolute atomic E-state index is 0.0371. The molecule has 5 nitrogen and oxygen atoms in total. The normalized spacial score (nSPS) is 21.6. The summed E-state index contributed by atoms with van der Waals surface area (Å²) in [5, 5.41) is 5.37. The molecule has 2 heterocycles. The predicted octanol–water partition coefficient (Wildman–Crippen LogP) is 6.04. The van der Waals surface area contributed by atoms with Crippen molar-refractivity contribution in [3.05, 3.63) is 48.3 Å². The summed E-state index contributed by atoms with van der Waals surface area (Å²) in [6, 6.07) is 11.5. The van der Waals surface area contributed by atoms with Gasteiger partial charge in [-0.05, 0) is 42.8 Å². The molecule has 0 bridgehead atoms. The summed E-state index contributed by atoms with van der Waals surface area (Å²) >= 11 is 0. The van der Waals surface area contributed by atoms with Gasteiger partial charge in [0, 0.05) is 31.8 Å². The fourth-order valence-corrected chi connectivity index (χ4v) is 4.80. The van der Waals surface area contributed by atoms with Crippen molar-refractivity contribution in [3.63, 3.8) is 0 Å². The van der Waals surface area contributed by atoms with Gasteiger partial charge in [0.2, 0.25) is 0 Å². The van der Waals surface area contributed by atoms with Crippen molar-refractivity contribution in [3.8, 4) is 11.5 Å². The number of para-hydroxylation sites is 1. The molecule has 2 aromatic carbocycles. The SMILES string of the molecule is CC[C@H]1C(C)C(C(F)(F)F)=NN1c1ccc(OC2CCN(c3c(F)cccc3OC)CC2)cc1. The molecule has 2 aromatic rings. The van der Waals surface area contributed by atoms with Crippen LogP contribution in [0.1, 0.15) is 33.1 Å². The molecule has 2 aliphatic heterocycles. The van der Waals surface area contributed by atoms with Gasteiger partial charge < -0.3 is 14.4 Å². The quantitative estimate of drug-likeness (QED) is 0.474. The first-order valence-electron chi connectivity index (χ1n) is 11.5. The number of methoxy groups -OCH3 is 1. The van der Waals surface area contributed by atoms with Crippen LogP contribution in [0.25, 0.3) is 0 Å². The van der Waals surface area contributed by atoms with Crippen molar-refractivity contribution in [1.29, 1.82) is 0 Å². The molecule has 0 N–H and O–H groups in total. The van der Waals surface area contributed by atoms with E-state index in [1.54, 1.807) is 43.3 Å². The van der Waals surface area contributed by atoms with Crippen LogP contribution in [-0.2, 0) is 0 Å². The molecule has 0 radical (unpaired) electrons. The van der Waals surface area contributed by atoms with E-state index in [-0.39, 0.29) is 18.0 Å². The maximum absolute atomic E-state index is 14.4. The molecule has 0 spiro atoms. The molecular weight excluding hydrogens is 450 g/mol. The van der Waals surface area contributed by atoms with Crippen LogP contribution >= 0.6 is 0 Å². The van der Waals surface area contributed by atoms with Crippen LogP contribution in [0.4, 0.5) is 28.9 Å². The molecule has 0 aliphatic carbocycles. The lowest BCUT2D eigenvalue weighted by atomic mass is 9.95. The van der Waals surface area contributed by atoms with Gasteiger partial charge in [0.1, 0.15) is 34.8 Å². The molecule has 184 valence electrons. The Morgan fingerprint density at radius 3 is 2.32 bits per heavy atom. The summed E-state index contributed by atoms with van der Waals surface area (Å²) in [4.78, 5) is 1.97. The van der Waals surface area contributed by atoms with Crippen molar-refractivity contribution >= 4 is 17.1 Å². The van der Waals surface area contributed by atoms with E-state index in [4.69, 9.17) is 9.47 Å². The number of alkyl halides is 3. The minimum Gasteiger partial charge on any atom is -0.494 e. The second kappa shape index (κ2) is 9.72. The number of benzene rings is 2. The highest BCUT2D eigenvalue weighted by molar-refractivity contribution is 5.95. The molecule has 2 atom stereocenters. The van der Waals surface area contributed by atoms with Crippen LogP contribution in [0, 0.1) is 11.7 Å². The van der Waals surface area contributed by atoms with Crippen molar-refractivity contribution in [2.75, 3.05) is 30.1 Å².